The van der Waals surface area contributed by atoms with Gasteiger partial charge in [0, 0.05) is 18.7 Å². The fourth-order valence-electron chi connectivity index (χ4n) is 3.82. The van der Waals surface area contributed by atoms with Crippen LogP contribution in [0.25, 0.3) is 10.9 Å². The molecular formula is C23H24N4O4. The number of para-hydroxylation sites is 1. The van der Waals surface area contributed by atoms with E-state index in [1.807, 2.05) is 24.3 Å². The predicted octanol–water partition coefficient (Wildman–Crippen LogP) is 2.86. The number of rotatable bonds is 6. The van der Waals surface area contributed by atoms with Gasteiger partial charge in [0.1, 0.15) is 5.52 Å². The second-order valence-corrected chi connectivity index (χ2v) is 7.78. The van der Waals surface area contributed by atoms with Gasteiger partial charge in [0.25, 0.3) is 5.56 Å². The van der Waals surface area contributed by atoms with E-state index < -0.39 is 11.9 Å². The standard InChI is InChI=1S/C23H24N4O4/c1-3-15(2)17-8-5-7-11-20(17)26-13-16(12-21(26)28)23(30)31-14-27-22(29)18-9-4-6-10-19(18)24-25-27/h4-11,15-16H,3,12-14H2,1-2H3. The molecule has 3 aromatic rings. The fourth-order valence-corrected chi connectivity index (χ4v) is 3.82. The van der Waals surface area contributed by atoms with Crippen molar-refractivity contribution >= 4 is 28.5 Å². The Bertz CT molecular complexity index is 1190. The Morgan fingerprint density at radius 1 is 1.16 bits per heavy atom. The Morgan fingerprint density at radius 2 is 1.90 bits per heavy atom. The largest absolute Gasteiger partial charge is 0.442 e. The first-order chi connectivity index (χ1) is 15.0. The predicted molar refractivity (Wildman–Crippen MR) is 115 cm³/mol. The van der Waals surface area contributed by atoms with Crippen LogP contribution in [0.3, 0.4) is 0 Å². The zero-order chi connectivity index (χ0) is 22.0. The van der Waals surface area contributed by atoms with Crippen LogP contribution in [-0.2, 0) is 21.1 Å². The minimum Gasteiger partial charge on any atom is -0.442 e. The molecule has 0 aliphatic carbocycles. The van der Waals surface area contributed by atoms with Crippen LogP contribution >= 0.6 is 0 Å². The second-order valence-electron chi connectivity index (χ2n) is 7.78. The van der Waals surface area contributed by atoms with Gasteiger partial charge in [-0.2, -0.15) is 4.68 Å². The lowest BCUT2D eigenvalue weighted by Gasteiger charge is -2.23. The van der Waals surface area contributed by atoms with E-state index in [0.717, 1.165) is 22.4 Å². The van der Waals surface area contributed by atoms with Crippen LogP contribution < -0.4 is 10.5 Å². The first-order valence-electron chi connectivity index (χ1n) is 10.4. The van der Waals surface area contributed by atoms with Gasteiger partial charge in [-0.25, -0.2) is 0 Å². The monoisotopic (exact) mass is 420 g/mol. The number of carbonyl (C=O) groups excluding carboxylic acids is 2. The van der Waals surface area contributed by atoms with Gasteiger partial charge in [-0.15, -0.1) is 5.10 Å². The number of nitrogens with zero attached hydrogens (tertiary/aromatic N) is 4. The van der Waals surface area contributed by atoms with Crippen LogP contribution in [0.2, 0.25) is 0 Å². The molecule has 160 valence electrons. The summed E-state index contributed by atoms with van der Waals surface area (Å²) in [5.41, 5.74) is 2.02. The molecule has 1 aliphatic heterocycles. The summed E-state index contributed by atoms with van der Waals surface area (Å²) in [7, 11) is 0. The number of fused-ring (bicyclic) bond motifs is 1. The average molecular weight is 420 g/mol. The lowest BCUT2D eigenvalue weighted by Crippen LogP contribution is -2.30. The zero-order valence-corrected chi connectivity index (χ0v) is 17.5. The summed E-state index contributed by atoms with van der Waals surface area (Å²) >= 11 is 0. The molecule has 1 amide bonds. The molecule has 0 bridgehead atoms. The normalized spacial score (nSPS) is 17.2. The van der Waals surface area contributed by atoms with Crippen molar-refractivity contribution in [3.05, 3.63) is 64.4 Å². The average Bonchev–Trinajstić information content (AvgIpc) is 3.19. The number of amides is 1. The highest BCUT2D eigenvalue weighted by atomic mass is 16.5. The minimum atomic E-state index is -0.596. The zero-order valence-electron chi connectivity index (χ0n) is 17.5. The number of anilines is 1. The molecule has 2 atom stereocenters. The topological polar surface area (TPSA) is 94.4 Å². The van der Waals surface area contributed by atoms with Gasteiger partial charge in [-0.1, -0.05) is 49.4 Å². The van der Waals surface area contributed by atoms with Gasteiger partial charge in [-0.3, -0.25) is 14.4 Å². The molecule has 2 aromatic carbocycles. The maximum Gasteiger partial charge on any atom is 0.313 e. The first-order valence-corrected chi connectivity index (χ1v) is 10.4. The molecule has 4 rings (SSSR count). The minimum absolute atomic E-state index is 0.0754. The Hall–Kier alpha value is -3.55. The molecule has 0 spiro atoms. The molecule has 1 saturated heterocycles. The van der Waals surface area contributed by atoms with Crippen LogP contribution in [0, 0.1) is 5.92 Å². The van der Waals surface area contributed by atoms with Gasteiger partial charge >= 0.3 is 5.97 Å². The van der Waals surface area contributed by atoms with Crippen molar-refractivity contribution in [1.82, 2.24) is 15.0 Å². The van der Waals surface area contributed by atoms with Crippen LogP contribution in [0.15, 0.2) is 53.3 Å². The summed E-state index contributed by atoms with van der Waals surface area (Å²) in [4.78, 5) is 39.4. The molecule has 31 heavy (non-hydrogen) atoms. The van der Waals surface area contributed by atoms with Gasteiger partial charge in [0.15, 0.2) is 6.73 Å². The van der Waals surface area contributed by atoms with Crippen molar-refractivity contribution in [2.75, 3.05) is 11.4 Å². The van der Waals surface area contributed by atoms with Crippen LogP contribution in [0.5, 0.6) is 0 Å². The third-order valence-electron chi connectivity index (χ3n) is 5.79. The molecule has 8 heteroatoms. The maximum absolute atomic E-state index is 12.7. The van der Waals surface area contributed by atoms with Gasteiger partial charge in [-0.05, 0) is 36.1 Å². The highest BCUT2D eigenvalue weighted by molar-refractivity contribution is 6.00. The third-order valence-corrected chi connectivity index (χ3v) is 5.79. The summed E-state index contributed by atoms with van der Waals surface area (Å²) in [5.74, 6) is -0.936. The Labute approximate surface area is 179 Å². The van der Waals surface area contributed by atoms with Crippen molar-refractivity contribution in [1.29, 1.82) is 0 Å². The van der Waals surface area contributed by atoms with E-state index in [2.05, 4.69) is 24.2 Å². The third kappa shape index (κ3) is 4.05. The Balaban J connectivity index is 1.46. The van der Waals surface area contributed by atoms with E-state index in [1.54, 1.807) is 29.2 Å². The number of hydrogen-bond donors (Lipinski definition) is 0. The van der Waals surface area contributed by atoms with E-state index in [0.29, 0.717) is 16.8 Å². The SMILES string of the molecule is CCC(C)c1ccccc1N1CC(C(=O)OCn2nnc3ccccc3c2=O)CC1=O. The number of carbonyl (C=O) groups is 2. The molecular weight excluding hydrogens is 396 g/mol. The van der Waals surface area contributed by atoms with E-state index in [9.17, 15) is 14.4 Å². The van der Waals surface area contributed by atoms with Crippen molar-refractivity contribution in [2.45, 2.75) is 39.3 Å². The van der Waals surface area contributed by atoms with Crippen molar-refractivity contribution in [3.63, 3.8) is 0 Å². The number of esters is 1. The van der Waals surface area contributed by atoms with Gasteiger partial charge in [0.05, 0.1) is 11.3 Å². The number of benzene rings is 2. The lowest BCUT2D eigenvalue weighted by atomic mass is 9.96. The van der Waals surface area contributed by atoms with Crippen LogP contribution in [-0.4, -0.2) is 33.4 Å². The quantitative estimate of drug-likeness (QED) is 0.569. The van der Waals surface area contributed by atoms with Crippen LogP contribution in [0.4, 0.5) is 5.69 Å². The molecule has 0 radical (unpaired) electrons. The summed E-state index contributed by atoms with van der Waals surface area (Å²) in [6.07, 6.45) is 1.03. The molecule has 8 nitrogen and oxygen atoms in total. The van der Waals surface area contributed by atoms with E-state index in [1.165, 1.54) is 0 Å². The number of aromatic nitrogens is 3. The first kappa shape index (κ1) is 20.7. The summed E-state index contributed by atoms with van der Waals surface area (Å²) in [5, 5.41) is 8.20. The van der Waals surface area contributed by atoms with E-state index in [-0.39, 0.29) is 31.2 Å². The lowest BCUT2D eigenvalue weighted by molar-refractivity contribution is -0.152. The summed E-state index contributed by atoms with van der Waals surface area (Å²) < 4.78 is 6.32. The highest BCUT2D eigenvalue weighted by Crippen LogP contribution is 2.33. The van der Waals surface area contributed by atoms with Gasteiger partial charge in [0.2, 0.25) is 5.91 Å². The maximum atomic E-state index is 12.7. The van der Waals surface area contributed by atoms with Crippen molar-refractivity contribution in [2.24, 2.45) is 5.92 Å². The number of hydrogen-bond acceptors (Lipinski definition) is 6. The molecule has 2 heterocycles. The molecule has 2 unspecified atom stereocenters. The Kier molecular flexibility index (Phi) is 5.79. The van der Waals surface area contributed by atoms with Crippen LogP contribution in [0.1, 0.15) is 38.2 Å². The molecule has 1 aliphatic rings. The molecule has 0 saturated carbocycles. The van der Waals surface area contributed by atoms with Gasteiger partial charge < -0.3 is 9.64 Å². The molecule has 1 aromatic heterocycles. The molecule has 1 fully saturated rings. The van der Waals surface area contributed by atoms with Crippen molar-refractivity contribution in [3.8, 4) is 0 Å². The van der Waals surface area contributed by atoms with Crippen molar-refractivity contribution < 1.29 is 14.3 Å². The Morgan fingerprint density at radius 3 is 2.71 bits per heavy atom. The molecule has 0 N–H and O–H groups in total. The summed E-state index contributed by atoms with van der Waals surface area (Å²) in [6.45, 7) is 4.13. The smallest absolute Gasteiger partial charge is 0.313 e. The summed E-state index contributed by atoms with van der Waals surface area (Å²) in [6, 6.07) is 14.6. The second kappa shape index (κ2) is 8.67. The number of ether oxygens (including phenoxy) is 1. The fraction of sp³-hybridized carbons (Fsp3) is 0.348. The van der Waals surface area contributed by atoms with E-state index in [4.69, 9.17) is 4.74 Å². The van der Waals surface area contributed by atoms with E-state index >= 15 is 0 Å². The highest BCUT2D eigenvalue weighted by Gasteiger charge is 2.37.